The number of aromatic nitrogens is 2. The van der Waals surface area contributed by atoms with Crippen LogP contribution in [0.5, 0.6) is 17.2 Å². The second-order valence-corrected chi connectivity index (χ2v) is 9.56. The van der Waals surface area contributed by atoms with Gasteiger partial charge in [-0.15, -0.1) is 0 Å². The molecule has 2 N–H and O–H groups in total. The number of rotatable bonds is 8. The molecule has 40 heavy (non-hydrogen) atoms. The number of H-pyrrole nitrogens is 1. The summed E-state index contributed by atoms with van der Waals surface area (Å²) in [4.78, 5) is 35.4. The summed E-state index contributed by atoms with van der Waals surface area (Å²) >= 11 is 0. The van der Waals surface area contributed by atoms with Crippen molar-refractivity contribution < 1.29 is 23.7 Å². The van der Waals surface area contributed by atoms with Crippen LogP contribution < -0.4 is 30.0 Å². The van der Waals surface area contributed by atoms with Gasteiger partial charge in [0.05, 0.1) is 33.0 Å². The number of carbonyl (C=O) groups is 1. The molecule has 3 aromatic carbocycles. The molecule has 5 rings (SSSR count). The number of hydrogen-bond acceptors (Lipinski definition) is 8. The zero-order valence-electron chi connectivity index (χ0n) is 23.0. The van der Waals surface area contributed by atoms with Crippen molar-refractivity contribution in [3.05, 3.63) is 70.0 Å². The third-order valence-electron chi connectivity index (χ3n) is 6.79. The predicted octanol–water partition coefficient (Wildman–Crippen LogP) is 4.08. The Morgan fingerprint density at radius 3 is 2.50 bits per heavy atom. The first-order chi connectivity index (χ1) is 19.4. The molecule has 0 spiro atoms. The number of anilines is 2. The van der Waals surface area contributed by atoms with E-state index in [-0.39, 0.29) is 18.1 Å². The first kappa shape index (κ1) is 27.0. The number of benzene rings is 3. The number of nitrogens with one attached hydrogen (secondary N) is 2. The van der Waals surface area contributed by atoms with Gasteiger partial charge in [0.15, 0.2) is 6.61 Å². The van der Waals surface area contributed by atoms with Crippen LogP contribution in [0.4, 0.5) is 11.4 Å². The number of morpholine rings is 1. The van der Waals surface area contributed by atoms with Crippen molar-refractivity contribution in [3.63, 3.8) is 0 Å². The molecule has 1 aliphatic rings. The molecule has 208 valence electrons. The van der Waals surface area contributed by atoms with Gasteiger partial charge in [-0.05, 0) is 55.3 Å². The van der Waals surface area contributed by atoms with Crippen LogP contribution in [0.25, 0.3) is 22.3 Å². The number of ether oxygens (including phenoxy) is 4. The number of amides is 1. The van der Waals surface area contributed by atoms with Gasteiger partial charge in [0.2, 0.25) is 0 Å². The molecular weight excluding hydrogens is 512 g/mol. The molecule has 2 heterocycles. The molecule has 10 nitrogen and oxygen atoms in total. The molecular formula is C30H32N4O6. The van der Waals surface area contributed by atoms with Gasteiger partial charge in [-0.3, -0.25) is 9.59 Å². The van der Waals surface area contributed by atoms with Crippen molar-refractivity contribution in [1.29, 1.82) is 0 Å². The third-order valence-corrected chi connectivity index (χ3v) is 6.79. The molecule has 1 fully saturated rings. The normalized spacial score (nSPS) is 13.2. The summed E-state index contributed by atoms with van der Waals surface area (Å²) in [6.07, 6.45) is 0. The van der Waals surface area contributed by atoms with Gasteiger partial charge in [-0.2, -0.15) is 0 Å². The van der Waals surface area contributed by atoms with E-state index in [9.17, 15) is 9.59 Å². The number of methoxy groups -OCH3 is 2. The Hall–Kier alpha value is -4.57. The number of fused-ring (bicyclic) bond motifs is 1. The lowest BCUT2D eigenvalue weighted by Gasteiger charge is -2.29. The van der Waals surface area contributed by atoms with Crippen LogP contribution in [0.3, 0.4) is 0 Å². The van der Waals surface area contributed by atoms with Gasteiger partial charge < -0.3 is 34.1 Å². The van der Waals surface area contributed by atoms with Crippen molar-refractivity contribution in [1.82, 2.24) is 9.97 Å². The van der Waals surface area contributed by atoms with Crippen LogP contribution in [0.2, 0.25) is 0 Å². The fourth-order valence-corrected chi connectivity index (χ4v) is 4.88. The number of hydrogen-bond donors (Lipinski definition) is 2. The van der Waals surface area contributed by atoms with E-state index < -0.39 is 0 Å². The summed E-state index contributed by atoms with van der Waals surface area (Å²) in [6, 6.07) is 14.8. The lowest BCUT2D eigenvalue weighted by atomic mass is 10.0. The molecule has 0 saturated carbocycles. The van der Waals surface area contributed by atoms with Crippen LogP contribution in [0.15, 0.2) is 53.3 Å². The maximum absolute atomic E-state index is 12.9. The Morgan fingerprint density at radius 1 is 1.05 bits per heavy atom. The van der Waals surface area contributed by atoms with E-state index >= 15 is 0 Å². The standard InChI is InChI=1S/C30H32N4O6/c1-18-12-20(29-32-24-15-23(37-3)16-25(38-4)27(24)30(36)33-29)13-19(2)28(18)40-17-26(35)31-21-6-5-7-22(14-21)34-8-10-39-11-9-34/h5-7,12-16H,8-11,17H2,1-4H3,(H,31,35)(H,32,33,36). The summed E-state index contributed by atoms with van der Waals surface area (Å²) < 4.78 is 22.1. The molecule has 4 aromatic rings. The number of aromatic amines is 1. The van der Waals surface area contributed by atoms with Gasteiger partial charge in [-0.25, -0.2) is 4.98 Å². The average Bonchev–Trinajstić information content (AvgIpc) is 2.96. The van der Waals surface area contributed by atoms with E-state index in [2.05, 4.69) is 20.2 Å². The van der Waals surface area contributed by atoms with Crippen molar-refractivity contribution in [2.45, 2.75) is 13.8 Å². The summed E-state index contributed by atoms with van der Waals surface area (Å²) in [5.41, 5.74) is 4.23. The first-order valence-electron chi connectivity index (χ1n) is 13.0. The van der Waals surface area contributed by atoms with Crippen molar-refractivity contribution in [2.75, 3.05) is 57.3 Å². The highest BCUT2D eigenvalue weighted by Crippen LogP contribution is 2.31. The molecule has 0 bridgehead atoms. The molecule has 0 atom stereocenters. The minimum absolute atomic E-state index is 0.145. The van der Waals surface area contributed by atoms with Gasteiger partial charge >= 0.3 is 0 Å². The largest absolute Gasteiger partial charge is 0.497 e. The number of carbonyl (C=O) groups excluding carboxylic acids is 1. The Bertz CT molecular complexity index is 1590. The highest BCUT2D eigenvalue weighted by Gasteiger charge is 2.16. The molecule has 0 aliphatic carbocycles. The second-order valence-electron chi connectivity index (χ2n) is 9.56. The Morgan fingerprint density at radius 2 is 1.80 bits per heavy atom. The van der Waals surface area contributed by atoms with Gasteiger partial charge in [0, 0.05) is 42.2 Å². The first-order valence-corrected chi connectivity index (χ1v) is 13.0. The minimum atomic E-state index is -0.315. The molecule has 1 aromatic heterocycles. The number of aryl methyl sites for hydroxylation is 2. The second kappa shape index (κ2) is 11.7. The van der Waals surface area contributed by atoms with E-state index in [1.807, 2.05) is 50.2 Å². The summed E-state index contributed by atoms with van der Waals surface area (Å²) in [5, 5.41) is 3.27. The summed E-state index contributed by atoms with van der Waals surface area (Å²) in [6.45, 7) is 6.66. The monoisotopic (exact) mass is 544 g/mol. The molecule has 1 saturated heterocycles. The Balaban J connectivity index is 1.31. The molecule has 1 amide bonds. The third kappa shape index (κ3) is 5.72. The summed E-state index contributed by atoms with van der Waals surface area (Å²) in [7, 11) is 3.04. The molecule has 1 aliphatic heterocycles. The van der Waals surface area contributed by atoms with Gasteiger partial charge in [0.1, 0.15) is 28.5 Å². The minimum Gasteiger partial charge on any atom is -0.497 e. The van der Waals surface area contributed by atoms with E-state index in [0.717, 1.165) is 29.9 Å². The fraction of sp³-hybridized carbons (Fsp3) is 0.300. The maximum atomic E-state index is 12.9. The molecule has 10 heteroatoms. The van der Waals surface area contributed by atoms with E-state index in [1.54, 1.807) is 19.2 Å². The lowest BCUT2D eigenvalue weighted by Crippen LogP contribution is -2.36. The van der Waals surface area contributed by atoms with Crippen LogP contribution in [-0.4, -0.2) is 63.0 Å². The Labute approximate surface area is 231 Å². The smallest absolute Gasteiger partial charge is 0.262 e. The predicted molar refractivity (Wildman–Crippen MR) is 154 cm³/mol. The van der Waals surface area contributed by atoms with Crippen LogP contribution in [-0.2, 0) is 9.53 Å². The lowest BCUT2D eigenvalue weighted by molar-refractivity contribution is -0.118. The van der Waals surface area contributed by atoms with E-state index in [1.165, 1.54) is 7.11 Å². The summed E-state index contributed by atoms with van der Waals surface area (Å²) in [5.74, 6) is 1.67. The van der Waals surface area contributed by atoms with Gasteiger partial charge in [-0.1, -0.05) is 6.07 Å². The molecule has 0 radical (unpaired) electrons. The quantitative estimate of drug-likeness (QED) is 0.341. The van der Waals surface area contributed by atoms with Crippen molar-refractivity contribution >= 4 is 28.2 Å². The highest BCUT2D eigenvalue weighted by molar-refractivity contribution is 5.92. The van der Waals surface area contributed by atoms with Crippen molar-refractivity contribution in [2.24, 2.45) is 0 Å². The fourth-order valence-electron chi connectivity index (χ4n) is 4.88. The topological polar surface area (TPSA) is 115 Å². The van der Waals surface area contributed by atoms with Crippen molar-refractivity contribution in [3.8, 4) is 28.6 Å². The highest BCUT2D eigenvalue weighted by atomic mass is 16.5. The number of nitrogens with zero attached hydrogens (tertiary/aromatic N) is 2. The SMILES string of the molecule is COc1cc(OC)c2c(=O)[nH]c(-c3cc(C)c(OCC(=O)Nc4cccc(N5CCOCC5)c4)c(C)c3)nc2c1. The maximum Gasteiger partial charge on any atom is 0.262 e. The van der Waals surface area contributed by atoms with E-state index in [0.29, 0.717) is 58.4 Å². The van der Waals surface area contributed by atoms with Crippen LogP contribution in [0, 0.1) is 13.8 Å². The van der Waals surface area contributed by atoms with Crippen LogP contribution >= 0.6 is 0 Å². The Kier molecular flexibility index (Phi) is 7.88. The van der Waals surface area contributed by atoms with Crippen LogP contribution in [0.1, 0.15) is 11.1 Å². The molecule has 0 unspecified atom stereocenters. The zero-order chi connectivity index (χ0) is 28.2. The average molecular weight is 545 g/mol. The zero-order valence-corrected chi connectivity index (χ0v) is 23.0. The van der Waals surface area contributed by atoms with E-state index in [4.69, 9.17) is 18.9 Å². The van der Waals surface area contributed by atoms with Gasteiger partial charge in [0.25, 0.3) is 11.5 Å².